The van der Waals surface area contributed by atoms with Gasteiger partial charge in [-0.1, -0.05) is 26.7 Å². The maximum atomic E-state index is 12.2. The zero-order chi connectivity index (χ0) is 12.0. The minimum atomic E-state index is 0.260. The Morgan fingerprint density at radius 2 is 2.25 bits per heavy atom. The molecule has 1 aliphatic heterocycles. The summed E-state index contributed by atoms with van der Waals surface area (Å²) in [5.41, 5.74) is 0. The molecule has 0 aromatic heterocycles. The fourth-order valence-electron chi connectivity index (χ4n) is 2.41. The first-order valence-electron chi connectivity index (χ1n) is 6.68. The lowest BCUT2D eigenvalue weighted by atomic mass is 9.98. The number of hydrogen-bond acceptors (Lipinski definition) is 2. The van der Waals surface area contributed by atoms with Crippen LogP contribution in [0.5, 0.6) is 0 Å². The van der Waals surface area contributed by atoms with Crippen molar-refractivity contribution in [1.82, 2.24) is 10.2 Å². The van der Waals surface area contributed by atoms with Crippen LogP contribution in [0.4, 0.5) is 0 Å². The monoisotopic (exact) mass is 226 g/mol. The van der Waals surface area contributed by atoms with Crippen molar-refractivity contribution in [3.05, 3.63) is 0 Å². The molecule has 2 unspecified atom stereocenters. The molecular weight excluding hydrogens is 200 g/mol. The summed E-state index contributed by atoms with van der Waals surface area (Å²) in [6.45, 7) is 6.15. The van der Waals surface area contributed by atoms with Gasteiger partial charge in [0.1, 0.15) is 0 Å². The minimum absolute atomic E-state index is 0.260. The van der Waals surface area contributed by atoms with Crippen LogP contribution < -0.4 is 5.32 Å². The van der Waals surface area contributed by atoms with Gasteiger partial charge < -0.3 is 10.2 Å². The molecular formula is C13H26N2O. The average Bonchev–Trinajstić information content (AvgIpc) is 2.78. The van der Waals surface area contributed by atoms with E-state index in [-0.39, 0.29) is 5.92 Å². The molecule has 0 aliphatic carbocycles. The zero-order valence-electron chi connectivity index (χ0n) is 11.0. The first-order chi connectivity index (χ1) is 7.72. The number of carbonyl (C=O) groups excluding carboxylic acids is 1. The Kier molecular flexibility index (Phi) is 5.81. The van der Waals surface area contributed by atoms with Crippen LogP contribution in [0, 0.1) is 5.92 Å². The molecule has 1 N–H and O–H groups in total. The Labute approximate surface area is 99.6 Å². The van der Waals surface area contributed by atoms with Crippen molar-refractivity contribution < 1.29 is 4.79 Å². The number of likely N-dealkylation sites (N-methyl/N-ethyl adjacent to an activating group) is 1. The molecule has 1 aliphatic rings. The van der Waals surface area contributed by atoms with Gasteiger partial charge in [-0.25, -0.2) is 0 Å². The average molecular weight is 226 g/mol. The summed E-state index contributed by atoms with van der Waals surface area (Å²) in [6, 6.07) is 0.507. The van der Waals surface area contributed by atoms with Crippen molar-refractivity contribution in [2.75, 3.05) is 20.1 Å². The standard InChI is InChI=1S/C13H26N2O/c1-4-6-7-11(5-2)13(16)15-9-8-12(10-15)14-3/h11-12,14H,4-10H2,1-3H3. The molecule has 16 heavy (non-hydrogen) atoms. The maximum absolute atomic E-state index is 12.2. The molecule has 1 amide bonds. The summed E-state index contributed by atoms with van der Waals surface area (Å²) < 4.78 is 0. The van der Waals surface area contributed by atoms with Crippen LogP contribution in [-0.4, -0.2) is 37.0 Å². The van der Waals surface area contributed by atoms with Crippen molar-refractivity contribution in [1.29, 1.82) is 0 Å². The summed E-state index contributed by atoms with van der Waals surface area (Å²) in [5, 5.41) is 3.25. The van der Waals surface area contributed by atoms with E-state index in [2.05, 4.69) is 19.2 Å². The molecule has 0 bridgehead atoms. The Balaban J connectivity index is 2.42. The van der Waals surface area contributed by atoms with Gasteiger partial charge >= 0.3 is 0 Å². The number of rotatable bonds is 6. The lowest BCUT2D eigenvalue weighted by Gasteiger charge is -2.22. The van der Waals surface area contributed by atoms with Crippen LogP contribution in [0.2, 0.25) is 0 Å². The number of unbranched alkanes of at least 4 members (excludes halogenated alkanes) is 1. The molecule has 1 saturated heterocycles. The quantitative estimate of drug-likeness (QED) is 0.751. The normalized spacial score (nSPS) is 22.4. The van der Waals surface area contributed by atoms with Crippen LogP contribution >= 0.6 is 0 Å². The molecule has 1 fully saturated rings. The second kappa shape index (κ2) is 6.89. The molecule has 1 rings (SSSR count). The van der Waals surface area contributed by atoms with E-state index in [1.165, 1.54) is 12.8 Å². The summed E-state index contributed by atoms with van der Waals surface area (Å²) in [4.78, 5) is 14.3. The third-order valence-corrected chi connectivity index (χ3v) is 3.66. The van der Waals surface area contributed by atoms with Gasteiger partial charge in [-0.2, -0.15) is 0 Å². The Morgan fingerprint density at radius 3 is 2.75 bits per heavy atom. The van der Waals surface area contributed by atoms with Gasteiger partial charge in [0.2, 0.25) is 5.91 Å². The predicted octanol–water partition coefficient (Wildman–Crippen LogP) is 2.02. The number of amides is 1. The van der Waals surface area contributed by atoms with Crippen molar-refractivity contribution in [3.8, 4) is 0 Å². The second-order valence-corrected chi connectivity index (χ2v) is 4.81. The van der Waals surface area contributed by atoms with Gasteiger partial charge in [0.25, 0.3) is 0 Å². The third-order valence-electron chi connectivity index (χ3n) is 3.66. The fraction of sp³-hybridized carbons (Fsp3) is 0.923. The van der Waals surface area contributed by atoms with Gasteiger partial charge in [0.15, 0.2) is 0 Å². The highest BCUT2D eigenvalue weighted by molar-refractivity contribution is 5.79. The van der Waals surface area contributed by atoms with Crippen LogP contribution in [0.15, 0.2) is 0 Å². The topological polar surface area (TPSA) is 32.3 Å². The van der Waals surface area contributed by atoms with E-state index in [0.29, 0.717) is 11.9 Å². The molecule has 3 heteroatoms. The number of nitrogens with zero attached hydrogens (tertiary/aromatic N) is 1. The Hall–Kier alpha value is -0.570. The van der Waals surface area contributed by atoms with Gasteiger partial charge in [0, 0.05) is 25.0 Å². The fourth-order valence-corrected chi connectivity index (χ4v) is 2.41. The van der Waals surface area contributed by atoms with E-state index >= 15 is 0 Å². The number of hydrogen-bond donors (Lipinski definition) is 1. The van der Waals surface area contributed by atoms with E-state index in [0.717, 1.165) is 32.4 Å². The number of nitrogens with one attached hydrogen (secondary N) is 1. The number of carbonyl (C=O) groups is 1. The minimum Gasteiger partial charge on any atom is -0.341 e. The Bertz CT molecular complexity index is 214. The summed E-state index contributed by atoms with van der Waals surface area (Å²) in [5.74, 6) is 0.643. The first-order valence-corrected chi connectivity index (χ1v) is 6.68. The highest BCUT2D eigenvalue weighted by atomic mass is 16.2. The lowest BCUT2D eigenvalue weighted by Crippen LogP contribution is -2.37. The van der Waals surface area contributed by atoms with Crippen LogP contribution in [-0.2, 0) is 4.79 Å². The van der Waals surface area contributed by atoms with E-state index in [1.807, 2.05) is 11.9 Å². The van der Waals surface area contributed by atoms with E-state index < -0.39 is 0 Å². The smallest absolute Gasteiger partial charge is 0.225 e. The van der Waals surface area contributed by atoms with Crippen molar-refractivity contribution in [3.63, 3.8) is 0 Å². The number of likely N-dealkylation sites (tertiary alicyclic amines) is 1. The first kappa shape index (κ1) is 13.5. The molecule has 3 nitrogen and oxygen atoms in total. The van der Waals surface area contributed by atoms with E-state index in [4.69, 9.17) is 0 Å². The van der Waals surface area contributed by atoms with Gasteiger partial charge in [-0.15, -0.1) is 0 Å². The van der Waals surface area contributed by atoms with Crippen LogP contribution in [0.25, 0.3) is 0 Å². The molecule has 0 saturated carbocycles. The zero-order valence-corrected chi connectivity index (χ0v) is 11.0. The summed E-state index contributed by atoms with van der Waals surface area (Å²) in [6.07, 6.45) is 5.51. The predicted molar refractivity (Wildman–Crippen MR) is 67.4 cm³/mol. The third kappa shape index (κ3) is 3.48. The van der Waals surface area contributed by atoms with Crippen molar-refractivity contribution >= 4 is 5.91 Å². The highest BCUT2D eigenvalue weighted by Gasteiger charge is 2.28. The van der Waals surface area contributed by atoms with E-state index in [1.54, 1.807) is 0 Å². The highest BCUT2D eigenvalue weighted by Crippen LogP contribution is 2.19. The van der Waals surface area contributed by atoms with Gasteiger partial charge in [0.05, 0.1) is 0 Å². The summed E-state index contributed by atoms with van der Waals surface area (Å²) >= 11 is 0. The van der Waals surface area contributed by atoms with Crippen LogP contribution in [0.3, 0.4) is 0 Å². The SMILES string of the molecule is CCCCC(CC)C(=O)N1CCC(NC)C1. The maximum Gasteiger partial charge on any atom is 0.225 e. The lowest BCUT2D eigenvalue weighted by molar-refractivity contribution is -0.134. The van der Waals surface area contributed by atoms with E-state index in [9.17, 15) is 4.79 Å². The van der Waals surface area contributed by atoms with Crippen molar-refractivity contribution in [2.45, 2.75) is 52.0 Å². The van der Waals surface area contributed by atoms with Crippen LogP contribution in [0.1, 0.15) is 46.0 Å². The molecule has 1 heterocycles. The molecule has 2 atom stereocenters. The van der Waals surface area contributed by atoms with Crippen molar-refractivity contribution in [2.24, 2.45) is 5.92 Å². The molecule has 0 aromatic rings. The molecule has 0 radical (unpaired) electrons. The molecule has 94 valence electrons. The molecule has 0 spiro atoms. The largest absolute Gasteiger partial charge is 0.341 e. The molecule has 0 aromatic carbocycles. The second-order valence-electron chi connectivity index (χ2n) is 4.81. The Morgan fingerprint density at radius 1 is 1.50 bits per heavy atom. The summed E-state index contributed by atoms with van der Waals surface area (Å²) in [7, 11) is 1.98. The van der Waals surface area contributed by atoms with Gasteiger partial charge in [-0.3, -0.25) is 4.79 Å². The van der Waals surface area contributed by atoms with Gasteiger partial charge in [-0.05, 0) is 26.3 Å².